The lowest BCUT2D eigenvalue weighted by Crippen LogP contribution is -2.13. The van der Waals surface area contributed by atoms with Crippen LogP contribution in [0.4, 0.5) is 0 Å². The molecule has 1 aromatic carbocycles. The average molecular weight is 291 g/mol. The maximum absolute atomic E-state index is 11.1. The van der Waals surface area contributed by atoms with Crippen LogP contribution in [0.25, 0.3) is 11.4 Å². The van der Waals surface area contributed by atoms with Crippen molar-refractivity contribution in [2.75, 3.05) is 0 Å². The minimum atomic E-state index is -0.876. The summed E-state index contributed by atoms with van der Waals surface area (Å²) in [5.41, 5.74) is 2.92. The number of aryl methyl sites for hydroxylation is 2. The summed E-state index contributed by atoms with van der Waals surface area (Å²) in [6.45, 7) is 5.26. The van der Waals surface area contributed by atoms with Crippen molar-refractivity contribution in [1.82, 2.24) is 9.97 Å². The van der Waals surface area contributed by atoms with Gasteiger partial charge in [-0.2, -0.15) is 0 Å². The molecule has 0 bridgehead atoms. The number of nitrogens with zero attached hydrogens (tertiary/aromatic N) is 2. The summed E-state index contributed by atoms with van der Waals surface area (Å²) in [6, 6.07) is 7.24. The van der Waals surface area contributed by atoms with Gasteiger partial charge in [-0.05, 0) is 45.0 Å². The molecular weight excluding hydrogens is 276 g/mol. The highest BCUT2D eigenvalue weighted by molar-refractivity contribution is 6.30. The van der Waals surface area contributed by atoms with Crippen LogP contribution in [0.1, 0.15) is 29.8 Å². The van der Waals surface area contributed by atoms with E-state index in [0.29, 0.717) is 27.8 Å². The van der Waals surface area contributed by atoms with Gasteiger partial charge in [0.05, 0.1) is 5.92 Å². The average Bonchev–Trinajstić information content (AvgIpc) is 2.38. The zero-order valence-corrected chi connectivity index (χ0v) is 12.3. The van der Waals surface area contributed by atoms with Crippen molar-refractivity contribution in [2.45, 2.75) is 26.7 Å². The normalized spacial score (nSPS) is 12.2. The van der Waals surface area contributed by atoms with Gasteiger partial charge >= 0.3 is 5.97 Å². The van der Waals surface area contributed by atoms with Crippen molar-refractivity contribution >= 4 is 17.6 Å². The van der Waals surface area contributed by atoms with Gasteiger partial charge in [0.25, 0.3) is 0 Å². The van der Waals surface area contributed by atoms with E-state index in [4.69, 9.17) is 16.7 Å². The highest BCUT2D eigenvalue weighted by Gasteiger charge is 2.21. The van der Waals surface area contributed by atoms with Gasteiger partial charge in [0.2, 0.25) is 0 Å². The third-order valence-corrected chi connectivity index (χ3v) is 3.48. The van der Waals surface area contributed by atoms with Gasteiger partial charge in [-0.15, -0.1) is 0 Å². The van der Waals surface area contributed by atoms with Gasteiger partial charge in [0.1, 0.15) is 0 Å². The molecule has 0 aliphatic carbocycles. The number of halogens is 1. The highest BCUT2D eigenvalue weighted by atomic mass is 35.5. The maximum Gasteiger partial charge on any atom is 0.310 e. The van der Waals surface area contributed by atoms with E-state index in [1.54, 1.807) is 19.1 Å². The van der Waals surface area contributed by atoms with E-state index in [-0.39, 0.29) is 0 Å². The van der Waals surface area contributed by atoms with E-state index in [0.717, 1.165) is 5.56 Å². The zero-order chi connectivity index (χ0) is 14.9. The lowest BCUT2D eigenvalue weighted by atomic mass is 9.98. The predicted molar refractivity (Wildman–Crippen MR) is 78.0 cm³/mol. The van der Waals surface area contributed by atoms with Crippen molar-refractivity contribution < 1.29 is 9.90 Å². The molecule has 0 amide bonds. The zero-order valence-electron chi connectivity index (χ0n) is 11.5. The predicted octanol–water partition coefficient (Wildman–Crippen LogP) is 3.60. The van der Waals surface area contributed by atoms with Crippen molar-refractivity contribution in [3.05, 3.63) is 46.2 Å². The van der Waals surface area contributed by atoms with Crippen LogP contribution < -0.4 is 0 Å². The second-order valence-corrected chi connectivity index (χ2v) is 5.13. The minimum Gasteiger partial charge on any atom is -0.481 e. The molecule has 0 spiro atoms. The Hall–Kier alpha value is -1.94. The molecule has 1 atom stereocenters. The fourth-order valence-corrected chi connectivity index (χ4v) is 2.33. The Morgan fingerprint density at radius 1 is 1.15 bits per heavy atom. The second-order valence-electron chi connectivity index (χ2n) is 4.70. The third-order valence-electron chi connectivity index (χ3n) is 3.23. The van der Waals surface area contributed by atoms with Gasteiger partial charge < -0.3 is 5.11 Å². The lowest BCUT2D eigenvalue weighted by molar-refractivity contribution is -0.138. The second kappa shape index (κ2) is 5.59. The van der Waals surface area contributed by atoms with Gasteiger partial charge in [0.15, 0.2) is 5.82 Å². The van der Waals surface area contributed by atoms with Crippen LogP contribution in [0, 0.1) is 13.8 Å². The summed E-state index contributed by atoms with van der Waals surface area (Å²) >= 11 is 5.86. The number of carboxylic acids is 1. The molecule has 0 saturated carbocycles. The highest BCUT2D eigenvalue weighted by Crippen LogP contribution is 2.25. The molecular formula is C15H15ClN2O2. The summed E-state index contributed by atoms with van der Waals surface area (Å²) < 4.78 is 0. The third kappa shape index (κ3) is 2.80. The Kier molecular flexibility index (Phi) is 4.04. The Balaban J connectivity index is 2.50. The number of rotatable bonds is 3. The smallest absolute Gasteiger partial charge is 0.310 e. The Bertz CT molecular complexity index is 630. The van der Waals surface area contributed by atoms with E-state index in [9.17, 15) is 4.79 Å². The van der Waals surface area contributed by atoms with Gasteiger partial charge in [-0.3, -0.25) is 4.79 Å². The van der Waals surface area contributed by atoms with Crippen LogP contribution in [0.15, 0.2) is 24.3 Å². The van der Waals surface area contributed by atoms with Crippen LogP contribution >= 0.6 is 11.6 Å². The van der Waals surface area contributed by atoms with Crippen molar-refractivity contribution in [2.24, 2.45) is 0 Å². The first kappa shape index (κ1) is 14.5. The molecule has 20 heavy (non-hydrogen) atoms. The molecule has 5 heteroatoms. The molecule has 0 aliphatic heterocycles. The Morgan fingerprint density at radius 2 is 1.65 bits per heavy atom. The summed E-state index contributed by atoms with van der Waals surface area (Å²) in [6.07, 6.45) is 0. The minimum absolute atomic E-state index is 0.581. The van der Waals surface area contributed by atoms with E-state index in [1.165, 1.54) is 0 Å². The van der Waals surface area contributed by atoms with Crippen LogP contribution in [0.2, 0.25) is 5.02 Å². The summed E-state index contributed by atoms with van der Waals surface area (Å²) in [4.78, 5) is 20.0. The van der Waals surface area contributed by atoms with E-state index in [2.05, 4.69) is 9.97 Å². The van der Waals surface area contributed by atoms with E-state index in [1.807, 2.05) is 26.0 Å². The molecule has 0 radical (unpaired) electrons. The van der Waals surface area contributed by atoms with Gasteiger partial charge in [-0.1, -0.05) is 11.6 Å². The Morgan fingerprint density at radius 3 is 2.10 bits per heavy atom. The molecule has 104 valence electrons. The number of hydrogen-bond acceptors (Lipinski definition) is 3. The van der Waals surface area contributed by atoms with Crippen molar-refractivity contribution in [1.29, 1.82) is 0 Å². The van der Waals surface area contributed by atoms with Gasteiger partial charge in [0, 0.05) is 27.5 Å². The fraction of sp³-hybridized carbons (Fsp3) is 0.267. The molecule has 4 nitrogen and oxygen atoms in total. The van der Waals surface area contributed by atoms with Gasteiger partial charge in [-0.25, -0.2) is 9.97 Å². The molecule has 1 unspecified atom stereocenters. The standard InChI is InChI=1S/C15H15ClN2O2/c1-8(15(19)20)13-9(2)17-14(18-10(13)3)11-4-6-12(16)7-5-11/h4-8H,1-3H3,(H,19,20). The molecule has 0 fully saturated rings. The topological polar surface area (TPSA) is 63.1 Å². The number of aliphatic carboxylic acids is 1. The van der Waals surface area contributed by atoms with Crippen LogP contribution in [0.3, 0.4) is 0 Å². The molecule has 0 aliphatic rings. The van der Waals surface area contributed by atoms with Crippen LogP contribution in [0.5, 0.6) is 0 Å². The molecule has 2 aromatic rings. The first-order valence-corrected chi connectivity index (χ1v) is 6.62. The SMILES string of the molecule is Cc1nc(-c2ccc(Cl)cc2)nc(C)c1C(C)C(=O)O. The van der Waals surface area contributed by atoms with Crippen molar-refractivity contribution in [3.8, 4) is 11.4 Å². The Labute approximate surface area is 122 Å². The number of aromatic nitrogens is 2. The molecule has 1 N–H and O–H groups in total. The summed E-state index contributed by atoms with van der Waals surface area (Å²) in [7, 11) is 0. The van der Waals surface area contributed by atoms with E-state index >= 15 is 0 Å². The number of hydrogen-bond donors (Lipinski definition) is 1. The number of carboxylic acid groups (broad SMARTS) is 1. The lowest BCUT2D eigenvalue weighted by Gasteiger charge is -2.14. The summed E-state index contributed by atoms with van der Waals surface area (Å²) in [5.74, 6) is -0.911. The quantitative estimate of drug-likeness (QED) is 0.938. The molecule has 1 aromatic heterocycles. The fourth-order valence-electron chi connectivity index (χ4n) is 2.20. The van der Waals surface area contributed by atoms with Crippen LogP contribution in [-0.4, -0.2) is 21.0 Å². The molecule has 0 saturated heterocycles. The monoisotopic (exact) mass is 290 g/mol. The first-order valence-electron chi connectivity index (χ1n) is 6.24. The first-order chi connectivity index (χ1) is 9.40. The van der Waals surface area contributed by atoms with Crippen molar-refractivity contribution in [3.63, 3.8) is 0 Å². The molecule has 1 heterocycles. The maximum atomic E-state index is 11.1. The van der Waals surface area contributed by atoms with Crippen LogP contribution in [-0.2, 0) is 4.79 Å². The molecule has 2 rings (SSSR count). The number of carbonyl (C=O) groups is 1. The summed E-state index contributed by atoms with van der Waals surface area (Å²) in [5, 5.41) is 9.78. The van der Waals surface area contributed by atoms with E-state index < -0.39 is 11.9 Å². The number of benzene rings is 1. The largest absolute Gasteiger partial charge is 0.481 e.